The summed E-state index contributed by atoms with van der Waals surface area (Å²) in [5.74, 6) is 0. The van der Waals surface area contributed by atoms with Gasteiger partial charge in [0.25, 0.3) is 0 Å². The number of thiophene rings is 1. The highest BCUT2D eigenvalue weighted by Gasteiger charge is 2.11. The first-order chi connectivity index (χ1) is 7.22. The summed E-state index contributed by atoms with van der Waals surface area (Å²) in [6, 6.07) is 2.53. The van der Waals surface area contributed by atoms with E-state index in [4.69, 9.17) is 0 Å². The highest BCUT2D eigenvalue weighted by Crippen LogP contribution is 2.33. The molecule has 2 rings (SSSR count). The van der Waals surface area contributed by atoms with Gasteiger partial charge in [0.15, 0.2) is 0 Å². The number of aromatic nitrogens is 1. The Kier molecular flexibility index (Phi) is 3.19. The first-order valence-corrected chi connectivity index (χ1v) is 6.59. The van der Waals surface area contributed by atoms with Crippen LogP contribution in [0, 0.1) is 6.92 Å². The molecule has 0 fully saturated rings. The Morgan fingerprint density at radius 1 is 1.47 bits per heavy atom. The molecule has 0 aliphatic heterocycles. The Bertz CT molecular complexity index is 445. The maximum absolute atomic E-state index is 4.48. The van der Waals surface area contributed by atoms with E-state index in [1.54, 1.807) is 22.7 Å². The van der Waals surface area contributed by atoms with Crippen LogP contribution in [0.3, 0.4) is 0 Å². The number of rotatable bonds is 3. The van der Waals surface area contributed by atoms with Crippen LogP contribution in [-0.2, 0) is 0 Å². The quantitative estimate of drug-likeness (QED) is 0.885. The standard InChI is InChI=1S/C11H14N2S2/c1-7-4-5-14-10(7)11-13-6-9(15-11)8(2)12-3/h4-6,8,12H,1-3H3. The van der Waals surface area contributed by atoms with Crippen LogP contribution in [0.15, 0.2) is 17.6 Å². The van der Waals surface area contributed by atoms with E-state index in [0.29, 0.717) is 6.04 Å². The second kappa shape index (κ2) is 4.43. The number of hydrogen-bond acceptors (Lipinski definition) is 4. The van der Waals surface area contributed by atoms with Crippen LogP contribution < -0.4 is 5.32 Å². The molecule has 0 aliphatic rings. The predicted molar refractivity (Wildman–Crippen MR) is 67.6 cm³/mol. The molecule has 2 heterocycles. The van der Waals surface area contributed by atoms with Crippen LogP contribution in [0.2, 0.25) is 0 Å². The Hall–Kier alpha value is -0.710. The molecule has 80 valence electrons. The fourth-order valence-electron chi connectivity index (χ4n) is 1.33. The van der Waals surface area contributed by atoms with Gasteiger partial charge in [-0.15, -0.1) is 22.7 Å². The highest BCUT2D eigenvalue weighted by atomic mass is 32.1. The molecular formula is C11H14N2S2. The van der Waals surface area contributed by atoms with Gasteiger partial charge in [0.1, 0.15) is 5.01 Å². The number of aryl methyl sites for hydroxylation is 1. The van der Waals surface area contributed by atoms with Crippen molar-refractivity contribution in [2.45, 2.75) is 19.9 Å². The first-order valence-electron chi connectivity index (χ1n) is 4.90. The van der Waals surface area contributed by atoms with Crippen LogP contribution in [0.1, 0.15) is 23.4 Å². The summed E-state index contributed by atoms with van der Waals surface area (Å²) >= 11 is 3.54. The van der Waals surface area contributed by atoms with Gasteiger partial charge in [-0.25, -0.2) is 4.98 Å². The molecule has 0 amide bonds. The van der Waals surface area contributed by atoms with Crippen molar-refractivity contribution >= 4 is 22.7 Å². The van der Waals surface area contributed by atoms with Crippen LogP contribution in [0.5, 0.6) is 0 Å². The van der Waals surface area contributed by atoms with Crippen LogP contribution >= 0.6 is 22.7 Å². The Morgan fingerprint density at radius 2 is 2.27 bits per heavy atom. The Labute approximate surface area is 98.0 Å². The lowest BCUT2D eigenvalue weighted by molar-refractivity contribution is 0.662. The topological polar surface area (TPSA) is 24.9 Å². The van der Waals surface area contributed by atoms with Crippen molar-refractivity contribution in [2.75, 3.05) is 7.05 Å². The van der Waals surface area contributed by atoms with E-state index in [1.165, 1.54) is 15.3 Å². The summed E-state index contributed by atoms with van der Waals surface area (Å²) in [6.45, 7) is 4.28. The van der Waals surface area contributed by atoms with Crippen molar-refractivity contribution in [2.24, 2.45) is 0 Å². The number of nitrogens with zero attached hydrogens (tertiary/aromatic N) is 1. The molecule has 2 nitrogen and oxygen atoms in total. The Morgan fingerprint density at radius 3 is 2.87 bits per heavy atom. The van der Waals surface area contributed by atoms with Gasteiger partial charge in [0.05, 0.1) is 4.88 Å². The molecular weight excluding hydrogens is 224 g/mol. The molecule has 1 atom stereocenters. The number of hydrogen-bond donors (Lipinski definition) is 1. The molecule has 0 bridgehead atoms. The lowest BCUT2D eigenvalue weighted by Gasteiger charge is -2.04. The summed E-state index contributed by atoms with van der Waals surface area (Å²) in [6.07, 6.45) is 1.97. The lowest BCUT2D eigenvalue weighted by atomic mass is 10.3. The molecule has 0 radical (unpaired) electrons. The van der Waals surface area contributed by atoms with E-state index in [2.05, 4.69) is 35.6 Å². The van der Waals surface area contributed by atoms with E-state index < -0.39 is 0 Å². The van der Waals surface area contributed by atoms with Crippen LogP contribution in [-0.4, -0.2) is 12.0 Å². The zero-order valence-electron chi connectivity index (χ0n) is 9.07. The van der Waals surface area contributed by atoms with Gasteiger partial charge in [-0.05, 0) is 37.9 Å². The normalized spacial score (nSPS) is 13.0. The first kappa shape index (κ1) is 10.8. The van der Waals surface area contributed by atoms with Gasteiger partial charge in [0, 0.05) is 17.1 Å². The third kappa shape index (κ3) is 2.12. The summed E-state index contributed by atoms with van der Waals surface area (Å²) in [4.78, 5) is 7.07. The van der Waals surface area contributed by atoms with Crippen molar-refractivity contribution in [1.82, 2.24) is 10.3 Å². The Balaban J connectivity index is 2.32. The van der Waals surface area contributed by atoms with E-state index in [0.717, 1.165) is 5.01 Å². The van der Waals surface area contributed by atoms with Crippen LogP contribution in [0.4, 0.5) is 0 Å². The SMILES string of the molecule is CNC(C)c1cnc(-c2sccc2C)s1. The van der Waals surface area contributed by atoms with Gasteiger partial charge in [-0.2, -0.15) is 0 Å². The smallest absolute Gasteiger partial charge is 0.133 e. The predicted octanol–water partition coefficient (Wildman–Crippen LogP) is 3.46. The summed E-state index contributed by atoms with van der Waals surface area (Å²) in [7, 11) is 1.97. The fraction of sp³-hybridized carbons (Fsp3) is 0.364. The third-order valence-electron chi connectivity index (χ3n) is 2.44. The second-order valence-electron chi connectivity index (χ2n) is 3.51. The largest absolute Gasteiger partial charge is 0.312 e. The molecule has 1 unspecified atom stereocenters. The summed E-state index contributed by atoms with van der Waals surface area (Å²) < 4.78 is 0. The van der Waals surface area contributed by atoms with Crippen molar-refractivity contribution in [3.8, 4) is 9.88 Å². The second-order valence-corrected chi connectivity index (χ2v) is 5.49. The van der Waals surface area contributed by atoms with Gasteiger partial charge in [0.2, 0.25) is 0 Å². The molecule has 15 heavy (non-hydrogen) atoms. The lowest BCUT2D eigenvalue weighted by Crippen LogP contribution is -2.10. The van der Waals surface area contributed by atoms with E-state index in [1.807, 2.05) is 13.2 Å². The fourth-order valence-corrected chi connectivity index (χ4v) is 3.39. The van der Waals surface area contributed by atoms with E-state index in [9.17, 15) is 0 Å². The summed E-state index contributed by atoms with van der Waals surface area (Å²) in [5.41, 5.74) is 1.32. The molecule has 0 spiro atoms. The van der Waals surface area contributed by atoms with E-state index in [-0.39, 0.29) is 0 Å². The number of nitrogens with one attached hydrogen (secondary N) is 1. The van der Waals surface area contributed by atoms with Gasteiger partial charge in [-0.3, -0.25) is 0 Å². The zero-order chi connectivity index (χ0) is 10.8. The minimum atomic E-state index is 0.386. The molecule has 0 saturated carbocycles. The van der Waals surface area contributed by atoms with Gasteiger partial charge < -0.3 is 5.32 Å². The van der Waals surface area contributed by atoms with Crippen molar-refractivity contribution in [3.63, 3.8) is 0 Å². The molecule has 0 aromatic carbocycles. The molecule has 4 heteroatoms. The molecule has 0 saturated heterocycles. The summed E-state index contributed by atoms with van der Waals surface area (Å²) in [5, 5.41) is 6.49. The minimum Gasteiger partial charge on any atom is -0.312 e. The minimum absolute atomic E-state index is 0.386. The maximum atomic E-state index is 4.48. The number of thiazole rings is 1. The molecule has 2 aromatic rings. The molecule has 0 aliphatic carbocycles. The molecule has 2 aromatic heterocycles. The van der Waals surface area contributed by atoms with Crippen molar-refractivity contribution in [3.05, 3.63) is 28.1 Å². The monoisotopic (exact) mass is 238 g/mol. The highest BCUT2D eigenvalue weighted by molar-refractivity contribution is 7.21. The maximum Gasteiger partial charge on any atom is 0.133 e. The van der Waals surface area contributed by atoms with E-state index >= 15 is 0 Å². The zero-order valence-corrected chi connectivity index (χ0v) is 10.7. The van der Waals surface area contributed by atoms with Gasteiger partial charge >= 0.3 is 0 Å². The van der Waals surface area contributed by atoms with Gasteiger partial charge in [-0.1, -0.05) is 0 Å². The third-order valence-corrected chi connectivity index (χ3v) is 4.79. The van der Waals surface area contributed by atoms with Crippen molar-refractivity contribution < 1.29 is 0 Å². The average molecular weight is 238 g/mol. The average Bonchev–Trinajstić information content (AvgIpc) is 2.84. The van der Waals surface area contributed by atoms with Crippen LogP contribution in [0.25, 0.3) is 9.88 Å². The van der Waals surface area contributed by atoms with Crippen molar-refractivity contribution in [1.29, 1.82) is 0 Å². The molecule has 1 N–H and O–H groups in total.